The Labute approximate surface area is 119 Å². The van der Waals surface area contributed by atoms with E-state index in [1.165, 1.54) is 0 Å². The second-order valence-corrected chi connectivity index (χ2v) is 6.13. The van der Waals surface area contributed by atoms with E-state index in [4.69, 9.17) is 0 Å². The maximum Gasteiger partial charge on any atom is 0.223 e. The number of aromatic nitrogens is 1. The highest BCUT2D eigenvalue weighted by Crippen LogP contribution is 2.38. The van der Waals surface area contributed by atoms with Crippen molar-refractivity contribution in [2.75, 3.05) is 33.2 Å². The van der Waals surface area contributed by atoms with Crippen LogP contribution in [0.3, 0.4) is 0 Å². The summed E-state index contributed by atoms with van der Waals surface area (Å²) >= 11 is 0. The first-order valence-corrected chi connectivity index (χ1v) is 7.41. The van der Waals surface area contributed by atoms with Crippen molar-refractivity contribution in [3.05, 3.63) is 27.7 Å². The van der Waals surface area contributed by atoms with Crippen LogP contribution in [0.5, 0.6) is 5.75 Å². The van der Waals surface area contributed by atoms with E-state index in [2.05, 4.69) is 21.4 Å². The molecule has 2 heterocycles. The van der Waals surface area contributed by atoms with Crippen LogP contribution in [0.2, 0.25) is 0 Å². The number of piperazine rings is 1. The third kappa shape index (κ3) is 2.60. The van der Waals surface area contributed by atoms with Crippen LogP contribution in [-0.2, 0) is 6.54 Å². The van der Waals surface area contributed by atoms with E-state index < -0.39 is 0 Å². The van der Waals surface area contributed by atoms with Gasteiger partial charge in [0.2, 0.25) is 5.43 Å². The third-order valence-corrected chi connectivity index (χ3v) is 4.40. The van der Waals surface area contributed by atoms with Crippen molar-refractivity contribution in [2.45, 2.75) is 32.4 Å². The predicted molar refractivity (Wildman–Crippen MR) is 78.1 cm³/mol. The van der Waals surface area contributed by atoms with Crippen molar-refractivity contribution in [1.29, 1.82) is 0 Å². The summed E-state index contributed by atoms with van der Waals surface area (Å²) in [5.41, 5.74) is 1.53. The molecule has 1 N–H and O–H groups in total. The molecule has 5 nitrogen and oxygen atoms in total. The molecule has 0 spiro atoms. The summed E-state index contributed by atoms with van der Waals surface area (Å²) in [6, 6.07) is 2.03. The zero-order valence-electron chi connectivity index (χ0n) is 12.3. The van der Waals surface area contributed by atoms with Crippen molar-refractivity contribution < 1.29 is 5.11 Å². The second-order valence-electron chi connectivity index (χ2n) is 6.13. The van der Waals surface area contributed by atoms with Crippen LogP contribution in [0, 0.1) is 6.92 Å². The van der Waals surface area contributed by atoms with Crippen LogP contribution in [0.15, 0.2) is 10.9 Å². The summed E-state index contributed by atoms with van der Waals surface area (Å²) in [4.78, 5) is 16.5. The molecule has 1 aliphatic carbocycles. The molecule has 0 amide bonds. The number of hydrogen-bond donors (Lipinski definition) is 1. The van der Waals surface area contributed by atoms with Crippen LogP contribution < -0.4 is 5.43 Å². The maximum atomic E-state index is 11.9. The van der Waals surface area contributed by atoms with E-state index >= 15 is 0 Å². The molecule has 2 aliphatic rings. The van der Waals surface area contributed by atoms with E-state index in [0.29, 0.717) is 12.6 Å². The summed E-state index contributed by atoms with van der Waals surface area (Å²) < 4.78 is 2.18. The molecule has 1 aromatic heterocycles. The molecule has 0 radical (unpaired) electrons. The first kappa shape index (κ1) is 13.6. The van der Waals surface area contributed by atoms with E-state index in [1.807, 2.05) is 6.92 Å². The average Bonchev–Trinajstić information content (AvgIpc) is 3.22. The van der Waals surface area contributed by atoms with Crippen molar-refractivity contribution in [1.82, 2.24) is 14.4 Å². The first-order valence-electron chi connectivity index (χ1n) is 7.41. The van der Waals surface area contributed by atoms with Crippen LogP contribution in [-0.4, -0.2) is 52.7 Å². The van der Waals surface area contributed by atoms with E-state index in [1.54, 1.807) is 6.07 Å². The van der Waals surface area contributed by atoms with Gasteiger partial charge in [-0.3, -0.25) is 9.69 Å². The molecule has 1 saturated carbocycles. The van der Waals surface area contributed by atoms with Gasteiger partial charge in [0, 0.05) is 50.5 Å². The molecule has 0 atom stereocenters. The van der Waals surface area contributed by atoms with Crippen molar-refractivity contribution in [2.24, 2.45) is 0 Å². The van der Waals surface area contributed by atoms with Gasteiger partial charge in [-0.2, -0.15) is 0 Å². The lowest BCUT2D eigenvalue weighted by Gasteiger charge is -2.33. The highest BCUT2D eigenvalue weighted by Gasteiger charge is 2.29. The molecule has 2 fully saturated rings. The van der Waals surface area contributed by atoms with Gasteiger partial charge < -0.3 is 14.6 Å². The minimum Gasteiger partial charge on any atom is -0.503 e. The fraction of sp³-hybridized carbons (Fsp3) is 0.667. The lowest BCUT2D eigenvalue weighted by Crippen LogP contribution is -2.44. The molecule has 5 heteroatoms. The smallest absolute Gasteiger partial charge is 0.223 e. The Morgan fingerprint density at radius 1 is 1.25 bits per heavy atom. The Hall–Kier alpha value is -1.33. The number of rotatable bonds is 3. The molecular weight excluding hydrogens is 254 g/mol. The highest BCUT2D eigenvalue weighted by atomic mass is 16.3. The van der Waals surface area contributed by atoms with Crippen molar-refractivity contribution in [3.8, 4) is 5.75 Å². The first-order chi connectivity index (χ1) is 9.56. The molecule has 1 aliphatic heterocycles. The summed E-state index contributed by atoms with van der Waals surface area (Å²) in [7, 11) is 2.13. The van der Waals surface area contributed by atoms with E-state index in [0.717, 1.165) is 50.4 Å². The monoisotopic (exact) mass is 277 g/mol. The van der Waals surface area contributed by atoms with Gasteiger partial charge in [0.05, 0.1) is 5.69 Å². The number of hydrogen-bond acceptors (Lipinski definition) is 4. The summed E-state index contributed by atoms with van der Waals surface area (Å²) in [5, 5.41) is 10.2. The normalized spacial score (nSPS) is 21.3. The topological polar surface area (TPSA) is 48.7 Å². The molecule has 20 heavy (non-hydrogen) atoms. The standard InChI is InChI=1S/C15H23N3O2/c1-11-9-14(19)15(20)13(18(11)12-3-4-12)10-17-7-5-16(2)6-8-17/h9,12,20H,3-8,10H2,1-2H3. The largest absolute Gasteiger partial charge is 0.503 e. The molecule has 0 aromatic carbocycles. The Balaban J connectivity index is 1.89. The molecule has 0 bridgehead atoms. The Kier molecular flexibility index (Phi) is 3.56. The Morgan fingerprint density at radius 3 is 2.50 bits per heavy atom. The lowest BCUT2D eigenvalue weighted by molar-refractivity contribution is 0.144. The minimum atomic E-state index is -0.247. The molecule has 110 valence electrons. The highest BCUT2D eigenvalue weighted by molar-refractivity contribution is 5.31. The second kappa shape index (κ2) is 5.22. The Morgan fingerprint density at radius 2 is 1.90 bits per heavy atom. The number of likely N-dealkylation sites (N-methyl/N-ethyl adjacent to an activating group) is 1. The zero-order chi connectivity index (χ0) is 14.3. The number of aromatic hydroxyl groups is 1. The number of aryl methyl sites for hydroxylation is 1. The van der Waals surface area contributed by atoms with Gasteiger partial charge in [-0.15, -0.1) is 0 Å². The van der Waals surface area contributed by atoms with Gasteiger partial charge in [-0.25, -0.2) is 0 Å². The van der Waals surface area contributed by atoms with Crippen molar-refractivity contribution >= 4 is 0 Å². The molecule has 1 saturated heterocycles. The number of pyridine rings is 1. The summed E-state index contributed by atoms with van der Waals surface area (Å²) in [6.07, 6.45) is 2.30. The van der Waals surface area contributed by atoms with Gasteiger partial charge in [-0.1, -0.05) is 0 Å². The Bertz CT molecular complexity index is 555. The molecular formula is C15H23N3O2. The van der Waals surface area contributed by atoms with Gasteiger partial charge in [0.25, 0.3) is 0 Å². The number of nitrogens with zero attached hydrogens (tertiary/aromatic N) is 3. The lowest BCUT2D eigenvalue weighted by atomic mass is 10.2. The maximum absolute atomic E-state index is 11.9. The minimum absolute atomic E-state index is 0.0542. The van der Waals surface area contributed by atoms with Gasteiger partial charge >= 0.3 is 0 Å². The summed E-state index contributed by atoms with van der Waals surface area (Å²) in [6.45, 7) is 6.70. The molecule has 0 unspecified atom stereocenters. The van der Waals surface area contributed by atoms with E-state index in [9.17, 15) is 9.90 Å². The van der Waals surface area contributed by atoms with Gasteiger partial charge in [0.1, 0.15) is 0 Å². The van der Waals surface area contributed by atoms with E-state index in [-0.39, 0.29) is 11.2 Å². The van der Waals surface area contributed by atoms with Crippen LogP contribution in [0.4, 0.5) is 0 Å². The van der Waals surface area contributed by atoms with Gasteiger partial charge in [0.15, 0.2) is 5.75 Å². The van der Waals surface area contributed by atoms with Crippen molar-refractivity contribution in [3.63, 3.8) is 0 Å². The van der Waals surface area contributed by atoms with Crippen LogP contribution >= 0.6 is 0 Å². The quantitative estimate of drug-likeness (QED) is 0.893. The zero-order valence-corrected chi connectivity index (χ0v) is 12.3. The molecule has 1 aromatic rings. The van der Waals surface area contributed by atoms with Crippen LogP contribution in [0.1, 0.15) is 30.3 Å². The average molecular weight is 277 g/mol. The fourth-order valence-electron chi connectivity index (χ4n) is 3.01. The fourth-order valence-corrected chi connectivity index (χ4v) is 3.01. The predicted octanol–water partition coefficient (Wildman–Crippen LogP) is 0.945. The molecule has 3 rings (SSSR count). The summed E-state index contributed by atoms with van der Waals surface area (Å²) in [5.74, 6) is -0.0542. The SMILES string of the molecule is Cc1cc(=O)c(O)c(CN2CCN(C)CC2)n1C1CC1. The van der Waals surface area contributed by atoms with Crippen LogP contribution in [0.25, 0.3) is 0 Å². The third-order valence-electron chi connectivity index (χ3n) is 4.40. The van der Waals surface area contributed by atoms with Gasteiger partial charge in [-0.05, 0) is 26.8 Å².